The van der Waals surface area contributed by atoms with Crippen LogP contribution in [0.25, 0.3) is 0 Å². The molecule has 1 saturated heterocycles. The molecule has 0 bridgehead atoms. The predicted octanol–water partition coefficient (Wildman–Crippen LogP) is 1.82. The summed E-state index contributed by atoms with van der Waals surface area (Å²) in [6, 6.07) is 0.718. The van der Waals surface area contributed by atoms with Crippen molar-refractivity contribution in [2.24, 2.45) is 5.92 Å². The van der Waals surface area contributed by atoms with E-state index in [9.17, 15) is 8.42 Å². The number of nitrogens with one attached hydrogen (secondary N) is 1. The minimum absolute atomic E-state index is 0.218. The van der Waals surface area contributed by atoms with E-state index < -0.39 is 10.2 Å². The highest BCUT2D eigenvalue weighted by molar-refractivity contribution is 7.86. The zero-order chi connectivity index (χ0) is 15.5. The van der Waals surface area contributed by atoms with Gasteiger partial charge in [0.1, 0.15) is 0 Å². The van der Waals surface area contributed by atoms with Gasteiger partial charge in [0.05, 0.1) is 0 Å². The summed E-state index contributed by atoms with van der Waals surface area (Å²) in [4.78, 5) is 0. The molecule has 1 aliphatic carbocycles. The van der Waals surface area contributed by atoms with Crippen LogP contribution in [0.1, 0.15) is 52.4 Å². The Hall–Kier alpha value is -0.170. The molecule has 0 aromatic carbocycles. The molecule has 0 spiro atoms. The number of hydrogen-bond donors (Lipinski definition) is 1. The monoisotopic (exact) mass is 317 g/mol. The van der Waals surface area contributed by atoms with E-state index in [1.807, 2.05) is 0 Å². The molecule has 0 aromatic rings. The lowest BCUT2D eigenvalue weighted by molar-refractivity contribution is 0.242. The van der Waals surface area contributed by atoms with Crippen LogP contribution in [0.4, 0.5) is 0 Å². The van der Waals surface area contributed by atoms with Gasteiger partial charge in [-0.3, -0.25) is 0 Å². The van der Waals surface area contributed by atoms with E-state index in [2.05, 4.69) is 19.2 Å². The molecular weight excluding hydrogens is 286 g/mol. The Kier molecular flexibility index (Phi) is 6.05. The smallest absolute Gasteiger partial charge is 0.281 e. The third-order valence-corrected chi connectivity index (χ3v) is 6.96. The molecule has 0 atom stereocenters. The van der Waals surface area contributed by atoms with Gasteiger partial charge >= 0.3 is 0 Å². The zero-order valence-corrected chi connectivity index (χ0v) is 14.5. The van der Waals surface area contributed by atoms with Crippen molar-refractivity contribution < 1.29 is 8.42 Å². The Morgan fingerprint density at radius 2 is 1.71 bits per heavy atom. The van der Waals surface area contributed by atoms with Crippen LogP contribution >= 0.6 is 0 Å². The van der Waals surface area contributed by atoms with Crippen molar-refractivity contribution in [3.63, 3.8) is 0 Å². The van der Waals surface area contributed by atoms with Crippen molar-refractivity contribution in [1.82, 2.24) is 13.9 Å². The van der Waals surface area contributed by atoms with Crippen LogP contribution in [-0.2, 0) is 10.2 Å². The highest BCUT2D eigenvalue weighted by Crippen LogP contribution is 2.27. The van der Waals surface area contributed by atoms with Crippen LogP contribution in [-0.4, -0.2) is 55.8 Å². The van der Waals surface area contributed by atoms with Crippen molar-refractivity contribution in [3.05, 3.63) is 0 Å². The summed E-state index contributed by atoms with van der Waals surface area (Å²) in [6.07, 6.45) is 6.30. The number of piperidine rings is 1. The fourth-order valence-corrected chi connectivity index (χ4v) is 5.01. The summed E-state index contributed by atoms with van der Waals surface area (Å²) < 4.78 is 28.7. The Morgan fingerprint density at radius 3 is 2.24 bits per heavy atom. The second-order valence-corrected chi connectivity index (χ2v) is 8.86. The molecule has 1 saturated carbocycles. The second kappa shape index (κ2) is 7.40. The molecule has 1 N–H and O–H groups in total. The normalized spacial score (nSPS) is 23.5. The SMILES string of the molecule is CC(C)NCC1CCN(S(=O)(=O)N(C)C2CCCC2)CC1. The van der Waals surface area contributed by atoms with Gasteiger partial charge in [-0.15, -0.1) is 0 Å². The van der Waals surface area contributed by atoms with E-state index >= 15 is 0 Å². The summed E-state index contributed by atoms with van der Waals surface area (Å²) in [5.74, 6) is 0.607. The van der Waals surface area contributed by atoms with Gasteiger partial charge in [0, 0.05) is 32.2 Å². The maximum absolute atomic E-state index is 12.7. The van der Waals surface area contributed by atoms with E-state index in [4.69, 9.17) is 0 Å². The van der Waals surface area contributed by atoms with Crippen LogP contribution in [0.2, 0.25) is 0 Å². The molecule has 2 aliphatic rings. The molecule has 2 fully saturated rings. The number of nitrogens with zero attached hydrogens (tertiary/aromatic N) is 2. The summed E-state index contributed by atoms with van der Waals surface area (Å²) in [6.45, 7) is 6.64. The molecule has 0 unspecified atom stereocenters. The van der Waals surface area contributed by atoms with Crippen molar-refractivity contribution in [2.75, 3.05) is 26.7 Å². The standard InChI is InChI=1S/C15H31N3O2S/c1-13(2)16-12-14-8-10-18(11-9-14)21(19,20)17(3)15-6-4-5-7-15/h13-16H,4-12H2,1-3H3. The van der Waals surface area contributed by atoms with Gasteiger partial charge in [-0.2, -0.15) is 17.0 Å². The first kappa shape index (κ1) is 17.2. The maximum atomic E-state index is 12.7. The van der Waals surface area contributed by atoms with Crippen molar-refractivity contribution in [3.8, 4) is 0 Å². The predicted molar refractivity (Wildman–Crippen MR) is 86.4 cm³/mol. The molecule has 5 nitrogen and oxygen atoms in total. The largest absolute Gasteiger partial charge is 0.314 e. The molecule has 0 aromatic heterocycles. The van der Waals surface area contributed by atoms with Crippen molar-refractivity contribution in [2.45, 2.75) is 64.5 Å². The first-order chi connectivity index (χ1) is 9.91. The first-order valence-electron chi connectivity index (χ1n) is 8.37. The van der Waals surface area contributed by atoms with E-state index in [0.717, 1.165) is 45.1 Å². The fourth-order valence-electron chi connectivity index (χ4n) is 3.38. The minimum atomic E-state index is -3.25. The fraction of sp³-hybridized carbons (Fsp3) is 1.00. The van der Waals surface area contributed by atoms with Crippen molar-refractivity contribution >= 4 is 10.2 Å². The quantitative estimate of drug-likeness (QED) is 0.813. The average Bonchev–Trinajstić information content (AvgIpc) is 2.98. The maximum Gasteiger partial charge on any atom is 0.281 e. The van der Waals surface area contributed by atoms with E-state index in [1.54, 1.807) is 15.7 Å². The minimum Gasteiger partial charge on any atom is -0.314 e. The van der Waals surface area contributed by atoms with Gasteiger partial charge < -0.3 is 5.32 Å². The average molecular weight is 317 g/mol. The van der Waals surface area contributed by atoms with Gasteiger partial charge in [0.15, 0.2) is 0 Å². The summed E-state index contributed by atoms with van der Waals surface area (Å²) >= 11 is 0. The lowest BCUT2D eigenvalue weighted by Gasteiger charge is -2.35. The van der Waals surface area contributed by atoms with Crippen molar-refractivity contribution in [1.29, 1.82) is 0 Å². The Labute approximate surface area is 130 Å². The van der Waals surface area contributed by atoms with Crippen LogP contribution in [0.15, 0.2) is 0 Å². The third-order valence-electron chi connectivity index (χ3n) is 4.92. The van der Waals surface area contributed by atoms with Crippen LogP contribution in [0.3, 0.4) is 0 Å². The number of hydrogen-bond acceptors (Lipinski definition) is 3. The summed E-state index contributed by atoms with van der Waals surface area (Å²) in [7, 11) is -1.49. The molecule has 0 amide bonds. The van der Waals surface area contributed by atoms with Gasteiger partial charge in [-0.05, 0) is 38.1 Å². The van der Waals surface area contributed by atoms with E-state index in [0.29, 0.717) is 25.0 Å². The van der Waals surface area contributed by atoms with Crippen LogP contribution in [0.5, 0.6) is 0 Å². The van der Waals surface area contributed by atoms with Gasteiger partial charge in [0.25, 0.3) is 10.2 Å². The molecular formula is C15H31N3O2S. The zero-order valence-electron chi connectivity index (χ0n) is 13.7. The molecule has 124 valence electrons. The molecule has 0 radical (unpaired) electrons. The lowest BCUT2D eigenvalue weighted by Crippen LogP contribution is -2.49. The lowest BCUT2D eigenvalue weighted by atomic mass is 9.98. The summed E-state index contributed by atoms with van der Waals surface area (Å²) in [5.41, 5.74) is 0. The first-order valence-corrected chi connectivity index (χ1v) is 9.77. The van der Waals surface area contributed by atoms with Gasteiger partial charge in [-0.1, -0.05) is 26.7 Å². The third kappa shape index (κ3) is 4.41. The molecule has 6 heteroatoms. The Bertz CT molecular complexity index is 411. The Balaban J connectivity index is 1.85. The number of rotatable bonds is 6. The molecule has 1 heterocycles. The topological polar surface area (TPSA) is 52.7 Å². The van der Waals surface area contributed by atoms with E-state index in [-0.39, 0.29) is 6.04 Å². The van der Waals surface area contributed by atoms with Crippen LogP contribution in [0, 0.1) is 5.92 Å². The molecule has 21 heavy (non-hydrogen) atoms. The van der Waals surface area contributed by atoms with E-state index in [1.165, 1.54) is 0 Å². The Morgan fingerprint density at radius 1 is 1.14 bits per heavy atom. The highest BCUT2D eigenvalue weighted by atomic mass is 32.2. The second-order valence-electron chi connectivity index (χ2n) is 6.87. The van der Waals surface area contributed by atoms with Crippen LogP contribution < -0.4 is 5.32 Å². The van der Waals surface area contributed by atoms with Gasteiger partial charge in [-0.25, -0.2) is 0 Å². The summed E-state index contributed by atoms with van der Waals surface area (Å²) in [5, 5.41) is 3.46. The molecule has 2 rings (SSSR count). The van der Waals surface area contributed by atoms with Gasteiger partial charge in [0.2, 0.25) is 0 Å². The highest BCUT2D eigenvalue weighted by Gasteiger charge is 2.35. The molecule has 1 aliphatic heterocycles.